The molecule has 0 aliphatic carbocycles. The summed E-state index contributed by atoms with van der Waals surface area (Å²) in [4.78, 5) is 16.5. The molecule has 1 amide bonds. The lowest BCUT2D eigenvalue weighted by atomic mass is 9.95. The zero-order chi connectivity index (χ0) is 15.4. The maximum Gasteiger partial charge on any atom is 0.220 e. The van der Waals surface area contributed by atoms with E-state index >= 15 is 0 Å². The Kier molecular flexibility index (Phi) is 9.90. The van der Waals surface area contributed by atoms with Crippen LogP contribution in [0.15, 0.2) is 0 Å². The van der Waals surface area contributed by atoms with Gasteiger partial charge in [0.05, 0.1) is 0 Å². The van der Waals surface area contributed by atoms with E-state index < -0.39 is 0 Å². The fourth-order valence-corrected chi connectivity index (χ4v) is 4.44. The summed E-state index contributed by atoms with van der Waals surface area (Å²) in [5, 5.41) is 3.53. The lowest BCUT2D eigenvalue weighted by molar-refractivity contribution is -0.123. The zero-order valence-electron chi connectivity index (χ0n) is 14.6. The number of carbonyl (C=O) groups excluding carboxylic acids is 1. The topological polar surface area (TPSA) is 61.6 Å². The molecule has 0 spiro atoms. The third-order valence-electron chi connectivity index (χ3n) is 5.79. The van der Waals surface area contributed by atoms with Crippen LogP contribution in [0.5, 0.6) is 0 Å². The summed E-state index contributed by atoms with van der Waals surface area (Å²) in [5.74, 6) is 1.70. The molecule has 7 heteroatoms. The maximum atomic E-state index is 11.2. The van der Waals surface area contributed by atoms with E-state index in [0.717, 1.165) is 37.8 Å². The molecule has 3 aliphatic heterocycles. The Labute approximate surface area is 158 Å². The van der Waals surface area contributed by atoms with Gasteiger partial charge in [-0.2, -0.15) is 0 Å². The van der Waals surface area contributed by atoms with Gasteiger partial charge in [0.25, 0.3) is 0 Å². The number of nitrogens with one attached hydrogen (secondary N) is 1. The summed E-state index contributed by atoms with van der Waals surface area (Å²) < 4.78 is 0. The molecule has 0 aromatic carbocycles. The van der Waals surface area contributed by atoms with Gasteiger partial charge in [-0.1, -0.05) is 0 Å². The first-order valence-corrected chi connectivity index (χ1v) is 9.15. The molecular weight excluding hydrogens is 347 g/mol. The maximum absolute atomic E-state index is 11.2. The van der Waals surface area contributed by atoms with Gasteiger partial charge in [0.2, 0.25) is 5.91 Å². The van der Waals surface area contributed by atoms with Crippen LogP contribution in [-0.4, -0.2) is 68.1 Å². The van der Waals surface area contributed by atoms with Crippen molar-refractivity contribution in [3.05, 3.63) is 0 Å². The van der Waals surface area contributed by atoms with Crippen LogP contribution in [0, 0.1) is 17.8 Å². The number of nitrogens with two attached hydrogens (primary N) is 1. The Morgan fingerprint density at radius 1 is 0.958 bits per heavy atom. The normalized spacial score (nSPS) is 29.7. The molecule has 142 valence electrons. The molecule has 2 atom stereocenters. The molecule has 5 nitrogen and oxygen atoms in total. The molecular formula is C17H34Cl2N4O. The number of halogens is 2. The van der Waals surface area contributed by atoms with E-state index in [4.69, 9.17) is 5.73 Å². The standard InChI is InChI=1S/C17H32N4O.2ClH/c18-17(22)16-4-8-20(9-5-16)12-15-3-7-21(13-15)11-14-2-1-6-19-10-14;;/h14-16,19H,1-13H2,(H2,18,22);2*1H/t14-,15-;;/m1../s1. The van der Waals surface area contributed by atoms with E-state index in [1.165, 1.54) is 58.5 Å². The highest BCUT2D eigenvalue weighted by Crippen LogP contribution is 2.23. The van der Waals surface area contributed by atoms with Gasteiger partial charge in [-0.15, -0.1) is 24.8 Å². The fourth-order valence-electron chi connectivity index (χ4n) is 4.44. The van der Waals surface area contributed by atoms with Crippen molar-refractivity contribution >= 4 is 30.7 Å². The van der Waals surface area contributed by atoms with Crippen molar-refractivity contribution in [2.45, 2.75) is 32.1 Å². The number of amides is 1. The summed E-state index contributed by atoms with van der Waals surface area (Å²) >= 11 is 0. The van der Waals surface area contributed by atoms with Gasteiger partial charge in [-0.3, -0.25) is 4.79 Å². The first-order valence-electron chi connectivity index (χ1n) is 9.15. The van der Waals surface area contributed by atoms with E-state index in [1.807, 2.05) is 0 Å². The SMILES string of the molecule is Cl.Cl.NC(=O)C1CCN(C[C@H]2CCN(C[C@@H]3CCCNC3)C2)CC1. The van der Waals surface area contributed by atoms with Crippen molar-refractivity contribution < 1.29 is 4.79 Å². The molecule has 3 heterocycles. The Bertz CT molecular complexity index is 372. The quantitative estimate of drug-likeness (QED) is 0.755. The fraction of sp³-hybridized carbons (Fsp3) is 0.941. The van der Waals surface area contributed by atoms with Gasteiger partial charge in [-0.25, -0.2) is 0 Å². The second-order valence-corrected chi connectivity index (χ2v) is 7.60. The molecule has 3 saturated heterocycles. The van der Waals surface area contributed by atoms with Crippen molar-refractivity contribution in [1.29, 1.82) is 0 Å². The van der Waals surface area contributed by atoms with Gasteiger partial charge in [0.1, 0.15) is 0 Å². The summed E-state index contributed by atoms with van der Waals surface area (Å²) in [6.07, 6.45) is 6.00. The zero-order valence-corrected chi connectivity index (χ0v) is 16.3. The molecule has 3 aliphatic rings. The number of piperidine rings is 2. The minimum Gasteiger partial charge on any atom is -0.369 e. The predicted molar refractivity (Wildman–Crippen MR) is 103 cm³/mol. The molecule has 3 N–H and O–H groups in total. The van der Waals surface area contributed by atoms with Gasteiger partial charge in [0, 0.05) is 25.6 Å². The van der Waals surface area contributed by atoms with Crippen LogP contribution in [0.3, 0.4) is 0 Å². The second kappa shape index (κ2) is 10.8. The van der Waals surface area contributed by atoms with Crippen molar-refractivity contribution in [2.75, 3.05) is 52.4 Å². The number of hydrogen-bond donors (Lipinski definition) is 2. The largest absolute Gasteiger partial charge is 0.369 e. The lowest BCUT2D eigenvalue weighted by Gasteiger charge is -2.32. The van der Waals surface area contributed by atoms with Gasteiger partial charge in [0.15, 0.2) is 0 Å². The summed E-state index contributed by atoms with van der Waals surface area (Å²) in [5.41, 5.74) is 5.41. The van der Waals surface area contributed by atoms with E-state index in [0.29, 0.717) is 0 Å². The first-order chi connectivity index (χ1) is 10.7. The highest BCUT2D eigenvalue weighted by molar-refractivity contribution is 5.85. The highest BCUT2D eigenvalue weighted by atomic mass is 35.5. The Morgan fingerprint density at radius 3 is 2.25 bits per heavy atom. The van der Waals surface area contributed by atoms with Crippen molar-refractivity contribution in [3.8, 4) is 0 Å². The number of likely N-dealkylation sites (tertiary alicyclic amines) is 2. The summed E-state index contributed by atoms with van der Waals surface area (Å²) in [6, 6.07) is 0. The number of rotatable bonds is 5. The first kappa shape index (κ1) is 22.0. The molecule has 24 heavy (non-hydrogen) atoms. The highest BCUT2D eigenvalue weighted by Gasteiger charge is 2.29. The predicted octanol–water partition coefficient (Wildman–Crippen LogP) is 1.35. The molecule has 0 radical (unpaired) electrons. The molecule has 0 unspecified atom stereocenters. The monoisotopic (exact) mass is 380 g/mol. The molecule has 0 saturated carbocycles. The number of primary amides is 1. The minimum absolute atomic E-state index is 0. The van der Waals surface area contributed by atoms with E-state index in [1.54, 1.807) is 0 Å². The van der Waals surface area contributed by atoms with Crippen LogP contribution in [0.4, 0.5) is 0 Å². The molecule has 0 bridgehead atoms. The molecule has 0 aromatic rings. The minimum atomic E-state index is -0.104. The average molecular weight is 381 g/mol. The number of hydrogen-bond acceptors (Lipinski definition) is 4. The van der Waals surface area contributed by atoms with Crippen LogP contribution in [0.2, 0.25) is 0 Å². The number of carbonyl (C=O) groups is 1. The Balaban J connectivity index is 0.00000144. The van der Waals surface area contributed by atoms with Crippen LogP contribution >= 0.6 is 24.8 Å². The van der Waals surface area contributed by atoms with Gasteiger partial charge >= 0.3 is 0 Å². The van der Waals surface area contributed by atoms with Crippen LogP contribution in [-0.2, 0) is 4.79 Å². The second-order valence-electron chi connectivity index (χ2n) is 7.60. The van der Waals surface area contributed by atoms with Gasteiger partial charge in [-0.05, 0) is 76.7 Å². The number of nitrogens with zero attached hydrogens (tertiary/aromatic N) is 2. The Hall–Kier alpha value is -0.0700. The molecule has 0 aromatic heterocycles. The van der Waals surface area contributed by atoms with E-state index in [-0.39, 0.29) is 36.6 Å². The third-order valence-corrected chi connectivity index (χ3v) is 5.79. The van der Waals surface area contributed by atoms with E-state index in [9.17, 15) is 4.79 Å². The average Bonchev–Trinajstić information content (AvgIpc) is 2.96. The van der Waals surface area contributed by atoms with Crippen LogP contribution < -0.4 is 11.1 Å². The van der Waals surface area contributed by atoms with Crippen LogP contribution in [0.25, 0.3) is 0 Å². The smallest absolute Gasteiger partial charge is 0.220 e. The Morgan fingerprint density at radius 2 is 1.62 bits per heavy atom. The summed E-state index contributed by atoms with van der Waals surface area (Å²) in [7, 11) is 0. The van der Waals surface area contributed by atoms with Gasteiger partial charge < -0.3 is 20.9 Å². The van der Waals surface area contributed by atoms with Crippen LogP contribution in [0.1, 0.15) is 32.1 Å². The molecule has 3 fully saturated rings. The van der Waals surface area contributed by atoms with E-state index in [2.05, 4.69) is 15.1 Å². The van der Waals surface area contributed by atoms with Crippen molar-refractivity contribution in [1.82, 2.24) is 15.1 Å². The van der Waals surface area contributed by atoms with Crippen molar-refractivity contribution in [3.63, 3.8) is 0 Å². The molecule has 3 rings (SSSR count). The third kappa shape index (κ3) is 6.34. The van der Waals surface area contributed by atoms with Crippen molar-refractivity contribution in [2.24, 2.45) is 23.5 Å². The summed E-state index contributed by atoms with van der Waals surface area (Å²) in [6.45, 7) is 9.57. The lowest BCUT2D eigenvalue weighted by Crippen LogP contribution is -2.41.